The molecule has 186 valence electrons. The molecule has 0 aliphatic carbocycles. The van der Waals surface area contributed by atoms with E-state index in [9.17, 15) is 14.4 Å². The molecular formula is C27H44N2O4. The van der Waals surface area contributed by atoms with E-state index in [2.05, 4.69) is 26.1 Å². The van der Waals surface area contributed by atoms with Gasteiger partial charge in [-0.05, 0) is 37.2 Å². The third-order valence-electron chi connectivity index (χ3n) is 5.45. The van der Waals surface area contributed by atoms with Crippen LogP contribution in [0.25, 0.3) is 0 Å². The fourth-order valence-corrected chi connectivity index (χ4v) is 3.15. The molecule has 0 aromatic heterocycles. The summed E-state index contributed by atoms with van der Waals surface area (Å²) >= 11 is 0. The second-order valence-corrected chi connectivity index (χ2v) is 9.89. The van der Waals surface area contributed by atoms with Crippen LogP contribution in [0.4, 0.5) is 0 Å². The lowest BCUT2D eigenvalue weighted by molar-refractivity contribution is -0.136. The Balaban J connectivity index is 0.00000235. The van der Waals surface area contributed by atoms with Crippen molar-refractivity contribution >= 4 is 17.8 Å². The number of benzene rings is 1. The zero-order valence-corrected chi connectivity index (χ0v) is 21.9. The van der Waals surface area contributed by atoms with Gasteiger partial charge in [0.05, 0.1) is 18.0 Å². The molecule has 33 heavy (non-hydrogen) atoms. The molecule has 6 nitrogen and oxygen atoms in total. The summed E-state index contributed by atoms with van der Waals surface area (Å²) in [6, 6.07) is 9.44. The first-order valence-corrected chi connectivity index (χ1v) is 11.7. The van der Waals surface area contributed by atoms with Crippen LogP contribution in [-0.2, 0) is 20.8 Å². The van der Waals surface area contributed by atoms with Crippen LogP contribution in [0.2, 0.25) is 0 Å². The van der Waals surface area contributed by atoms with Gasteiger partial charge in [0.1, 0.15) is 0 Å². The molecule has 0 saturated heterocycles. The first kappa shape index (κ1) is 30.4. The van der Waals surface area contributed by atoms with Gasteiger partial charge in [0.2, 0.25) is 11.8 Å². The van der Waals surface area contributed by atoms with E-state index in [1.165, 1.54) is 11.8 Å². The number of carbonyl (C=O) groups excluding carboxylic acids is 2. The van der Waals surface area contributed by atoms with Gasteiger partial charge in [-0.25, -0.2) is 4.79 Å². The molecule has 0 aliphatic heterocycles. The highest BCUT2D eigenvalue weighted by Gasteiger charge is 2.32. The van der Waals surface area contributed by atoms with Gasteiger partial charge in [0.15, 0.2) is 0 Å². The normalized spacial score (nSPS) is 14.1. The van der Waals surface area contributed by atoms with Gasteiger partial charge in [0, 0.05) is 12.6 Å². The average molecular weight is 461 g/mol. The molecule has 1 unspecified atom stereocenters. The van der Waals surface area contributed by atoms with E-state index in [0.717, 1.165) is 11.5 Å². The number of nitrogens with zero attached hydrogens (tertiary/aromatic N) is 1. The number of amides is 2. The van der Waals surface area contributed by atoms with E-state index >= 15 is 0 Å². The molecule has 0 spiro atoms. The maximum Gasteiger partial charge on any atom is 0.331 e. The molecule has 0 heterocycles. The summed E-state index contributed by atoms with van der Waals surface area (Å²) in [7, 11) is 1.63. The van der Waals surface area contributed by atoms with Gasteiger partial charge in [0.25, 0.3) is 0 Å². The van der Waals surface area contributed by atoms with Crippen molar-refractivity contribution in [2.75, 3.05) is 13.6 Å². The first-order chi connectivity index (χ1) is 15.2. The Hall–Kier alpha value is -2.63. The maximum absolute atomic E-state index is 12.8. The van der Waals surface area contributed by atoms with Crippen molar-refractivity contribution in [3.8, 4) is 0 Å². The van der Waals surface area contributed by atoms with Gasteiger partial charge in [-0.3, -0.25) is 9.59 Å². The lowest BCUT2D eigenvalue weighted by Gasteiger charge is -2.31. The van der Waals surface area contributed by atoms with E-state index in [-0.39, 0.29) is 35.9 Å². The van der Waals surface area contributed by atoms with Crippen molar-refractivity contribution in [2.24, 2.45) is 17.3 Å². The lowest BCUT2D eigenvalue weighted by Crippen LogP contribution is -2.48. The topological polar surface area (TPSA) is 86.7 Å². The van der Waals surface area contributed by atoms with Crippen LogP contribution in [-0.4, -0.2) is 47.4 Å². The van der Waals surface area contributed by atoms with Crippen molar-refractivity contribution in [2.45, 2.75) is 74.3 Å². The highest BCUT2D eigenvalue weighted by atomic mass is 16.4. The molecule has 0 radical (unpaired) electrons. The first-order valence-electron chi connectivity index (χ1n) is 11.7. The highest BCUT2D eigenvalue weighted by molar-refractivity contribution is 5.88. The fraction of sp³-hybridized carbons (Fsp3) is 0.593. The van der Waals surface area contributed by atoms with E-state index in [0.29, 0.717) is 12.8 Å². The number of aliphatic carboxylic acids is 1. The van der Waals surface area contributed by atoms with Crippen LogP contribution in [0.3, 0.4) is 0 Å². The van der Waals surface area contributed by atoms with Gasteiger partial charge in [-0.1, -0.05) is 84.9 Å². The predicted molar refractivity (Wildman–Crippen MR) is 135 cm³/mol. The molecule has 0 fully saturated rings. The van der Waals surface area contributed by atoms with Crippen molar-refractivity contribution in [1.82, 2.24) is 10.2 Å². The number of carboxylic acids is 1. The zero-order valence-electron chi connectivity index (χ0n) is 21.9. The van der Waals surface area contributed by atoms with Crippen molar-refractivity contribution < 1.29 is 19.5 Å². The Kier molecular flexibility index (Phi) is 13.3. The van der Waals surface area contributed by atoms with Gasteiger partial charge in [-0.15, -0.1) is 0 Å². The van der Waals surface area contributed by atoms with E-state index in [1.807, 2.05) is 58.0 Å². The van der Waals surface area contributed by atoms with Crippen LogP contribution in [0.15, 0.2) is 42.0 Å². The van der Waals surface area contributed by atoms with Crippen molar-refractivity contribution in [3.05, 3.63) is 47.5 Å². The molecular weight excluding hydrogens is 416 g/mol. The second-order valence-electron chi connectivity index (χ2n) is 9.89. The molecule has 0 bridgehead atoms. The Labute approximate surface area is 200 Å². The van der Waals surface area contributed by atoms with Gasteiger partial charge >= 0.3 is 5.97 Å². The number of hydrogen-bond acceptors (Lipinski definition) is 3. The third kappa shape index (κ3) is 11.2. The SMILES string of the molecule is CC(C)C.CCC(C)(Cc1ccccc1)C(=O)NCC(=O)N(C)[C@H](/C=C(\C)C(=O)O)C(C)C. The zero-order chi connectivity index (χ0) is 25.8. The van der Waals surface area contributed by atoms with Crippen LogP contribution < -0.4 is 5.32 Å². The predicted octanol–water partition coefficient (Wildman–Crippen LogP) is 4.94. The lowest BCUT2D eigenvalue weighted by atomic mass is 9.80. The molecule has 1 aromatic rings. The Bertz CT molecular complexity index is 784. The van der Waals surface area contributed by atoms with Gasteiger partial charge < -0.3 is 15.3 Å². The van der Waals surface area contributed by atoms with Crippen LogP contribution in [0.1, 0.15) is 67.4 Å². The number of likely N-dealkylation sites (N-methyl/N-ethyl adjacent to an activating group) is 1. The molecule has 6 heteroatoms. The summed E-state index contributed by atoms with van der Waals surface area (Å²) in [5.41, 5.74) is 0.649. The fourth-order valence-electron chi connectivity index (χ4n) is 3.15. The number of hydrogen-bond donors (Lipinski definition) is 2. The molecule has 2 N–H and O–H groups in total. The summed E-state index contributed by atoms with van der Waals surface area (Å²) < 4.78 is 0. The van der Waals surface area contributed by atoms with Crippen molar-refractivity contribution in [1.29, 1.82) is 0 Å². The summed E-state index contributed by atoms with van der Waals surface area (Å²) in [4.78, 5) is 38.1. The molecule has 0 aliphatic rings. The summed E-state index contributed by atoms with van der Waals surface area (Å²) in [5.74, 6) is -0.564. The molecule has 2 amide bonds. The van der Waals surface area contributed by atoms with Gasteiger partial charge in [-0.2, -0.15) is 0 Å². The second kappa shape index (κ2) is 14.5. The summed E-state index contributed by atoms with van der Waals surface area (Å²) in [5, 5.41) is 11.9. The van der Waals surface area contributed by atoms with Crippen LogP contribution in [0.5, 0.6) is 0 Å². The van der Waals surface area contributed by atoms with E-state index in [1.54, 1.807) is 13.1 Å². The van der Waals surface area contributed by atoms with E-state index < -0.39 is 11.4 Å². The Morgan fingerprint density at radius 1 is 1.09 bits per heavy atom. The standard InChI is InChI=1S/C23H34N2O4.C4H10/c1-7-23(5,14-18-11-9-8-10-12-18)22(29)24-15-20(26)25(6)19(16(2)3)13-17(4)21(27)28;1-4(2)3/h8-13,16,19H,7,14-15H2,1-6H3,(H,24,29)(H,27,28);4H,1-3H3/b17-13+;/t19-,23?;/m1./s1. The largest absolute Gasteiger partial charge is 0.478 e. The minimum absolute atomic E-state index is 0.0351. The maximum atomic E-state index is 12.8. The summed E-state index contributed by atoms with van der Waals surface area (Å²) in [6.45, 7) is 15.6. The smallest absolute Gasteiger partial charge is 0.331 e. The Morgan fingerprint density at radius 2 is 1.61 bits per heavy atom. The highest BCUT2D eigenvalue weighted by Crippen LogP contribution is 2.27. The van der Waals surface area contributed by atoms with Crippen LogP contribution >= 0.6 is 0 Å². The molecule has 1 aromatic carbocycles. The number of rotatable bonds is 10. The minimum Gasteiger partial charge on any atom is -0.478 e. The number of nitrogens with one attached hydrogen (secondary N) is 1. The number of carboxylic acid groups (broad SMARTS) is 1. The minimum atomic E-state index is -1.01. The number of carbonyl (C=O) groups is 3. The summed E-state index contributed by atoms with van der Waals surface area (Å²) in [6.07, 6.45) is 2.82. The average Bonchev–Trinajstić information content (AvgIpc) is 2.74. The monoisotopic (exact) mass is 460 g/mol. The molecule has 1 rings (SSSR count). The van der Waals surface area contributed by atoms with Crippen molar-refractivity contribution in [3.63, 3.8) is 0 Å². The Morgan fingerprint density at radius 3 is 2.03 bits per heavy atom. The van der Waals surface area contributed by atoms with Crippen LogP contribution in [0, 0.1) is 17.3 Å². The quantitative estimate of drug-likeness (QED) is 0.484. The third-order valence-corrected chi connectivity index (χ3v) is 5.45. The van der Waals surface area contributed by atoms with E-state index in [4.69, 9.17) is 5.11 Å². The molecule has 0 saturated carbocycles. The molecule has 2 atom stereocenters.